The average Bonchev–Trinajstić information content (AvgIpc) is 2.71. The summed E-state index contributed by atoms with van der Waals surface area (Å²) in [6, 6.07) is 1.04. The summed E-state index contributed by atoms with van der Waals surface area (Å²) in [5, 5.41) is 8.34. The van der Waals surface area contributed by atoms with Crippen molar-refractivity contribution in [2.45, 2.75) is 51.6 Å². The average molecular weight is 278 g/mol. The number of hydrogen-bond donors (Lipinski definition) is 1. The molecule has 1 N–H and O–H groups in total. The summed E-state index contributed by atoms with van der Waals surface area (Å²) < 4.78 is 2.05. The van der Waals surface area contributed by atoms with Crippen molar-refractivity contribution in [3.05, 3.63) is 17.5 Å². The van der Waals surface area contributed by atoms with E-state index in [9.17, 15) is 0 Å². The molecule has 20 heavy (non-hydrogen) atoms. The van der Waals surface area contributed by atoms with Gasteiger partial charge >= 0.3 is 0 Å². The molecule has 0 saturated heterocycles. The van der Waals surface area contributed by atoms with Gasteiger partial charge in [0.1, 0.15) is 0 Å². The molecule has 4 nitrogen and oxygen atoms in total. The van der Waals surface area contributed by atoms with Gasteiger partial charge in [0.2, 0.25) is 0 Å². The first-order chi connectivity index (χ1) is 9.47. The monoisotopic (exact) mass is 278 g/mol. The molecule has 0 radical (unpaired) electrons. The second kappa shape index (κ2) is 6.72. The fourth-order valence-electron chi connectivity index (χ4n) is 3.37. The van der Waals surface area contributed by atoms with Gasteiger partial charge < -0.3 is 10.2 Å². The van der Waals surface area contributed by atoms with E-state index in [1.165, 1.54) is 36.9 Å². The quantitative estimate of drug-likeness (QED) is 0.867. The largest absolute Gasteiger partial charge is 0.308 e. The van der Waals surface area contributed by atoms with Crippen molar-refractivity contribution in [3.63, 3.8) is 0 Å². The Morgan fingerprint density at radius 3 is 2.85 bits per heavy atom. The summed E-state index contributed by atoms with van der Waals surface area (Å²) in [6.45, 7) is 5.71. The van der Waals surface area contributed by atoms with Crippen molar-refractivity contribution in [2.75, 3.05) is 20.6 Å². The second-order valence-electron chi connectivity index (χ2n) is 6.87. The van der Waals surface area contributed by atoms with E-state index in [-0.39, 0.29) is 0 Å². The van der Waals surface area contributed by atoms with Crippen molar-refractivity contribution < 1.29 is 0 Å². The van der Waals surface area contributed by atoms with Crippen LogP contribution in [0.4, 0.5) is 0 Å². The highest BCUT2D eigenvalue weighted by molar-refractivity contribution is 5.24. The van der Waals surface area contributed by atoms with Crippen molar-refractivity contribution >= 4 is 0 Å². The molecular formula is C16H30N4. The Hall–Kier alpha value is -0.870. The van der Waals surface area contributed by atoms with E-state index < -0.39 is 0 Å². The zero-order valence-electron chi connectivity index (χ0n) is 13.7. The third kappa shape index (κ3) is 3.83. The highest BCUT2D eigenvalue weighted by Gasteiger charge is 2.25. The van der Waals surface area contributed by atoms with Gasteiger partial charge in [0, 0.05) is 36.9 Å². The van der Waals surface area contributed by atoms with Crippen LogP contribution < -0.4 is 5.32 Å². The molecule has 4 heteroatoms. The summed E-state index contributed by atoms with van der Waals surface area (Å²) in [6.07, 6.45) is 6.96. The van der Waals surface area contributed by atoms with Crippen molar-refractivity contribution in [1.82, 2.24) is 20.0 Å². The first-order valence-corrected chi connectivity index (χ1v) is 7.89. The molecule has 0 aromatic carbocycles. The summed E-state index contributed by atoms with van der Waals surface area (Å²) in [5.41, 5.74) is 2.84. The number of nitrogens with zero attached hydrogens (tertiary/aromatic N) is 3. The van der Waals surface area contributed by atoms with Crippen LogP contribution in [0, 0.1) is 5.92 Å². The highest BCUT2D eigenvalue weighted by atomic mass is 15.3. The van der Waals surface area contributed by atoms with Crippen molar-refractivity contribution in [3.8, 4) is 0 Å². The van der Waals surface area contributed by atoms with Gasteiger partial charge in [0.25, 0.3) is 0 Å². The van der Waals surface area contributed by atoms with Gasteiger partial charge in [-0.3, -0.25) is 4.68 Å². The van der Waals surface area contributed by atoms with Crippen molar-refractivity contribution in [2.24, 2.45) is 13.0 Å². The van der Waals surface area contributed by atoms with Gasteiger partial charge in [-0.2, -0.15) is 5.10 Å². The number of fused-ring (bicyclic) bond motifs is 1. The maximum atomic E-state index is 4.44. The molecule has 1 heterocycles. The summed E-state index contributed by atoms with van der Waals surface area (Å²) >= 11 is 0. The van der Waals surface area contributed by atoms with E-state index in [0.29, 0.717) is 12.1 Å². The normalized spacial score (nSPS) is 20.4. The molecule has 0 fully saturated rings. The van der Waals surface area contributed by atoms with E-state index in [4.69, 9.17) is 0 Å². The first-order valence-electron chi connectivity index (χ1n) is 7.89. The van der Waals surface area contributed by atoms with Gasteiger partial charge in [-0.15, -0.1) is 0 Å². The van der Waals surface area contributed by atoms with Crippen LogP contribution in [-0.4, -0.2) is 41.4 Å². The number of aromatic nitrogens is 2. The Morgan fingerprint density at radius 1 is 1.45 bits per heavy atom. The lowest BCUT2D eigenvalue weighted by Crippen LogP contribution is -2.42. The molecule has 0 bridgehead atoms. The van der Waals surface area contributed by atoms with Crippen LogP contribution in [-0.2, 0) is 13.5 Å². The third-order valence-electron chi connectivity index (χ3n) is 4.15. The van der Waals surface area contributed by atoms with Gasteiger partial charge in [-0.05, 0) is 45.7 Å². The van der Waals surface area contributed by atoms with Crippen molar-refractivity contribution in [1.29, 1.82) is 0 Å². The Morgan fingerprint density at radius 2 is 2.20 bits per heavy atom. The highest BCUT2D eigenvalue weighted by Crippen LogP contribution is 2.30. The lowest BCUT2D eigenvalue weighted by Gasteiger charge is -2.31. The lowest BCUT2D eigenvalue weighted by molar-refractivity contribution is 0.276. The minimum atomic E-state index is 0.483. The second-order valence-corrected chi connectivity index (χ2v) is 6.87. The minimum absolute atomic E-state index is 0.483. The molecule has 2 atom stereocenters. The van der Waals surface area contributed by atoms with Gasteiger partial charge in [-0.25, -0.2) is 0 Å². The van der Waals surface area contributed by atoms with E-state index in [1.807, 2.05) is 4.68 Å². The van der Waals surface area contributed by atoms with E-state index in [2.05, 4.69) is 56.5 Å². The number of hydrogen-bond acceptors (Lipinski definition) is 3. The maximum Gasteiger partial charge on any atom is 0.0540 e. The molecule has 2 rings (SSSR count). The predicted octanol–water partition coefficient (Wildman–Crippen LogP) is 2.36. The minimum Gasteiger partial charge on any atom is -0.308 e. The molecule has 2 unspecified atom stereocenters. The number of nitrogens with one attached hydrogen (secondary N) is 1. The van der Waals surface area contributed by atoms with Crippen LogP contribution in [0.1, 0.15) is 50.4 Å². The molecule has 0 saturated carbocycles. The Balaban J connectivity index is 2.07. The molecule has 1 aromatic rings. The number of rotatable bonds is 6. The Bertz CT molecular complexity index is 412. The zero-order valence-corrected chi connectivity index (χ0v) is 13.7. The topological polar surface area (TPSA) is 33.1 Å². The third-order valence-corrected chi connectivity index (χ3v) is 4.15. The van der Waals surface area contributed by atoms with E-state index in [1.54, 1.807) is 0 Å². The Labute approximate surface area is 123 Å². The fourth-order valence-corrected chi connectivity index (χ4v) is 3.37. The van der Waals surface area contributed by atoms with Gasteiger partial charge in [0.05, 0.1) is 6.20 Å². The molecule has 1 aliphatic rings. The molecule has 0 spiro atoms. The molecule has 1 aliphatic carbocycles. The van der Waals surface area contributed by atoms with Crippen LogP contribution in [0.3, 0.4) is 0 Å². The maximum absolute atomic E-state index is 4.44. The molecule has 114 valence electrons. The van der Waals surface area contributed by atoms with E-state index >= 15 is 0 Å². The van der Waals surface area contributed by atoms with E-state index in [0.717, 1.165) is 12.5 Å². The summed E-state index contributed by atoms with van der Waals surface area (Å²) in [5.74, 6) is 0.726. The predicted molar refractivity (Wildman–Crippen MR) is 83.8 cm³/mol. The zero-order chi connectivity index (χ0) is 14.7. The molecule has 0 amide bonds. The van der Waals surface area contributed by atoms with Crippen LogP contribution in [0.2, 0.25) is 0 Å². The lowest BCUT2D eigenvalue weighted by atomic mass is 9.91. The Kier molecular flexibility index (Phi) is 5.22. The van der Waals surface area contributed by atoms with Crippen LogP contribution >= 0.6 is 0 Å². The van der Waals surface area contributed by atoms with Crippen LogP contribution in [0.15, 0.2) is 6.20 Å². The molecular weight excluding hydrogens is 248 g/mol. The fraction of sp³-hybridized carbons (Fsp3) is 0.812. The summed E-state index contributed by atoms with van der Waals surface area (Å²) in [7, 11) is 6.38. The number of likely N-dealkylation sites (N-methyl/N-ethyl adjacent to an activating group) is 1. The first kappa shape index (κ1) is 15.5. The van der Waals surface area contributed by atoms with Crippen LogP contribution in [0.25, 0.3) is 0 Å². The molecule has 1 aromatic heterocycles. The number of aryl methyl sites for hydroxylation is 1. The smallest absolute Gasteiger partial charge is 0.0540 e. The van der Waals surface area contributed by atoms with Crippen LogP contribution in [0.5, 0.6) is 0 Å². The molecule has 0 aliphatic heterocycles. The van der Waals surface area contributed by atoms with Gasteiger partial charge in [-0.1, -0.05) is 13.8 Å². The summed E-state index contributed by atoms with van der Waals surface area (Å²) in [4.78, 5) is 2.28. The SMILES string of the molecule is CC(C)CC(CN(C)C)NC1CCCc2c1cnn2C. The van der Waals surface area contributed by atoms with Gasteiger partial charge in [0.15, 0.2) is 0 Å². The standard InChI is InChI=1S/C16H30N4/c1-12(2)9-13(11-19(3)4)18-15-7-6-8-16-14(15)10-17-20(16)5/h10,12-13,15,18H,6-9,11H2,1-5H3.